The molecule has 0 aromatic rings. The molecule has 0 fully saturated rings. The van der Waals surface area contributed by atoms with E-state index < -0.39 is 5.97 Å². The molecule has 0 saturated carbocycles. The number of carbonyl (C=O) groups is 1. The number of aliphatic hydroxyl groups excluding tert-OH is 1. The predicted molar refractivity (Wildman–Crippen MR) is 29.7 cm³/mol. The second-order valence-corrected chi connectivity index (χ2v) is 0.924. The molecule has 0 unspecified atom stereocenters. The van der Waals surface area contributed by atoms with Crippen molar-refractivity contribution in [2.24, 2.45) is 0 Å². The Bertz CT molecular complexity index is 55.2. The van der Waals surface area contributed by atoms with Gasteiger partial charge in [-0.1, -0.05) is 0 Å². The molecule has 0 heterocycles. The highest BCUT2D eigenvalue weighted by Gasteiger charge is 1.86. The maximum Gasteiger partial charge on any atom is 0.317 e. The summed E-state index contributed by atoms with van der Waals surface area (Å²) in [4.78, 5) is 9.54. The summed E-state index contributed by atoms with van der Waals surface area (Å²) in [6, 6.07) is 0. The van der Waals surface area contributed by atoms with E-state index in [-0.39, 0.29) is 6.54 Å². The SMILES string of the molecule is CNCC(=O)O.CO. The highest BCUT2D eigenvalue weighted by atomic mass is 16.4. The molecule has 0 amide bonds. The van der Waals surface area contributed by atoms with E-state index in [1.54, 1.807) is 7.05 Å². The molecule has 0 aliphatic rings. The van der Waals surface area contributed by atoms with Crippen LogP contribution in [0.1, 0.15) is 0 Å². The average Bonchev–Trinajstić information content (AvgIpc) is 1.72. The summed E-state index contributed by atoms with van der Waals surface area (Å²) in [5.41, 5.74) is 0. The maximum atomic E-state index is 9.54. The normalized spacial score (nSPS) is 6.88. The first kappa shape index (κ1) is 10.4. The Morgan fingerprint density at radius 3 is 2.00 bits per heavy atom. The lowest BCUT2D eigenvalue weighted by Gasteiger charge is -1.84. The van der Waals surface area contributed by atoms with Gasteiger partial charge in [0.25, 0.3) is 0 Å². The van der Waals surface area contributed by atoms with Gasteiger partial charge in [-0.15, -0.1) is 0 Å². The van der Waals surface area contributed by atoms with Gasteiger partial charge in [0, 0.05) is 7.11 Å². The highest BCUT2D eigenvalue weighted by Crippen LogP contribution is 1.50. The topological polar surface area (TPSA) is 69.6 Å². The standard InChI is InChI=1S/C3H7NO2.CH4O/c1-4-2-3(5)6;1-2/h4H,2H2,1H3,(H,5,6);2H,1H3. The molecule has 4 heteroatoms. The minimum absolute atomic E-state index is 0.0417. The Kier molecular flexibility index (Phi) is 12.5. The zero-order valence-corrected chi connectivity index (χ0v) is 5.01. The number of nitrogens with one attached hydrogen (secondary N) is 1. The molecule has 0 aliphatic heterocycles. The smallest absolute Gasteiger partial charge is 0.317 e. The lowest BCUT2D eigenvalue weighted by molar-refractivity contribution is -0.135. The molecule has 50 valence electrons. The van der Waals surface area contributed by atoms with E-state index in [0.29, 0.717) is 0 Å². The third kappa shape index (κ3) is 18.2. The molecule has 0 saturated heterocycles. The monoisotopic (exact) mass is 121 g/mol. The van der Waals surface area contributed by atoms with Crippen molar-refractivity contribution in [3.8, 4) is 0 Å². The van der Waals surface area contributed by atoms with Crippen LogP contribution >= 0.6 is 0 Å². The van der Waals surface area contributed by atoms with Crippen molar-refractivity contribution in [2.75, 3.05) is 20.7 Å². The molecule has 3 N–H and O–H groups in total. The van der Waals surface area contributed by atoms with Crippen molar-refractivity contribution in [1.82, 2.24) is 5.32 Å². The number of rotatable bonds is 2. The van der Waals surface area contributed by atoms with Crippen LogP contribution in [0.3, 0.4) is 0 Å². The van der Waals surface area contributed by atoms with Crippen molar-refractivity contribution in [2.45, 2.75) is 0 Å². The molecule has 0 bridgehead atoms. The van der Waals surface area contributed by atoms with E-state index in [0.717, 1.165) is 7.11 Å². The fraction of sp³-hybridized carbons (Fsp3) is 0.750. The zero-order chi connectivity index (χ0) is 6.99. The van der Waals surface area contributed by atoms with E-state index >= 15 is 0 Å². The lowest BCUT2D eigenvalue weighted by Crippen LogP contribution is -2.16. The quantitative estimate of drug-likeness (QED) is 0.433. The Morgan fingerprint density at radius 2 is 2.00 bits per heavy atom. The van der Waals surface area contributed by atoms with Crippen LogP contribution < -0.4 is 5.32 Å². The number of carboxylic acid groups (broad SMARTS) is 1. The van der Waals surface area contributed by atoms with Gasteiger partial charge in [0.15, 0.2) is 0 Å². The van der Waals surface area contributed by atoms with Crippen molar-refractivity contribution in [1.29, 1.82) is 0 Å². The summed E-state index contributed by atoms with van der Waals surface area (Å²) in [6.45, 7) is 0.0417. The fourth-order valence-electron chi connectivity index (χ4n) is 0.151. The second kappa shape index (κ2) is 9.63. The van der Waals surface area contributed by atoms with Crippen molar-refractivity contribution < 1.29 is 15.0 Å². The Morgan fingerprint density at radius 1 is 1.62 bits per heavy atom. The van der Waals surface area contributed by atoms with Gasteiger partial charge in [-0.05, 0) is 7.05 Å². The first-order valence-electron chi connectivity index (χ1n) is 2.08. The Balaban J connectivity index is 0. The van der Waals surface area contributed by atoms with Gasteiger partial charge < -0.3 is 15.5 Å². The van der Waals surface area contributed by atoms with Crippen LogP contribution in [0.15, 0.2) is 0 Å². The molecular weight excluding hydrogens is 110 g/mol. The van der Waals surface area contributed by atoms with Crippen molar-refractivity contribution >= 4 is 5.97 Å². The molecule has 8 heavy (non-hydrogen) atoms. The molecule has 0 atom stereocenters. The minimum Gasteiger partial charge on any atom is -0.480 e. The fourth-order valence-corrected chi connectivity index (χ4v) is 0.151. The van der Waals surface area contributed by atoms with Crippen molar-refractivity contribution in [3.05, 3.63) is 0 Å². The van der Waals surface area contributed by atoms with Crippen LogP contribution in [0.2, 0.25) is 0 Å². The summed E-state index contributed by atoms with van der Waals surface area (Å²) >= 11 is 0. The number of carboxylic acids is 1. The molecule has 4 nitrogen and oxygen atoms in total. The molecule has 0 rings (SSSR count). The minimum atomic E-state index is -0.822. The number of likely N-dealkylation sites (N-methyl/N-ethyl adjacent to an activating group) is 1. The number of hydrogen-bond donors (Lipinski definition) is 3. The summed E-state index contributed by atoms with van der Waals surface area (Å²) < 4.78 is 0. The Labute approximate surface area is 48.1 Å². The van der Waals surface area contributed by atoms with Crippen LogP contribution in [0, 0.1) is 0 Å². The van der Waals surface area contributed by atoms with Gasteiger partial charge >= 0.3 is 5.97 Å². The van der Waals surface area contributed by atoms with Gasteiger partial charge in [0.2, 0.25) is 0 Å². The van der Waals surface area contributed by atoms with Gasteiger partial charge in [-0.3, -0.25) is 4.79 Å². The molecule has 0 aromatic carbocycles. The molecule has 0 radical (unpaired) electrons. The molecular formula is C4H11NO3. The zero-order valence-electron chi connectivity index (χ0n) is 5.01. The van der Waals surface area contributed by atoms with Crippen LogP contribution in [-0.2, 0) is 4.79 Å². The molecule has 0 aliphatic carbocycles. The average molecular weight is 121 g/mol. The first-order chi connectivity index (χ1) is 3.77. The van der Waals surface area contributed by atoms with Gasteiger partial charge in [-0.2, -0.15) is 0 Å². The van der Waals surface area contributed by atoms with E-state index in [2.05, 4.69) is 5.32 Å². The molecule has 0 aromatic heterocycles. The van der Waals surface area contributed by atoms with Crippen LogP contribution in [0.4, 0.5) is 0 Å². The lowest BCUT2D eigenvalue weighted by atomic mass is 10.7. The van der Waals surface area contributed by atoms with Crippen LogP contribution in [0.5, 0.6) is 0 Å². The van der Waals surface area contributed by atoms with Gasteiger partial charge in [0.05, 0.1) is 6.54 Å². The summed E-state index contributed by atoms with van der Waals surface area (Å²) in [7, 11) is 2.59. The second-order valence-electron chi connectivity index (χ2n) is 0.924. The van der Waals surface area contributed by atoms with Gasteiger partial charge in [-0.25, -0.2) is 0 Å². The Hall–Kier alpha value is -0.610. The van der Waals surface area contributed by atoms with Crippen LogP contribution in [-0.4, -0.2) is 36.9 Å². The van der Waals surface area contributed by atoms with E-state index in [1.807, 2.05) is 0 Å². The number of aliphatic carboxylic acids is 1. The maximum absolute atomic E-state index is 9.54. The third-order valence-electron chi connectivity index (χ3n) is 0.328. The highest BCUT2D eigenvalue weighted by molar-refractivity contribution is 5.68. The third-order valence-corrected chi connectivity index (χ3v) is 0.328. The van der Waals surface area contributed by atoms with Crippen LogP contribution in [0.25, 0.3) is 0 Å². The predicted octanol–water partition coefficient (Wildman–Crippen LogP) is -1.10. The summed E-state index contributed by atoms with van der Waals surface area (Å²) in [5.74, 6) is -0.822. The largest absolute Gasteiger partial charge is 0.480 e. The summed E-state index contributed by atoms with van der Waals surface area (Å²) in [6.07, 6.45) is 0. The first-order valence-corrected chi connectivity index (χ1v) is 2.08. The van der Waals surface area contributed by atoms with Crippen molar-refractivity contribution in [3.63, 3.8) is 0 Å². The van der Waals surface area contributed by atoms with Gasteiger partial charge in [0.1, 0.15) is 0 Å². The van der Waals surface area contributed by atoms with E-state index in [1.165, 1.54) is 0 Å². The summed E-state index contributed by atoms with van der Waals surface area (Å²) in [5, 5.41) is 17.3. The number of aliphatic hydroxyl groups is 1. The number of hydrogen-bond acceptors (Lipinski definition) is 3. The molecule has 0 spiro atoms. The van der Waals surface area contributed by atoms with E-state index in [4.69, 9.17) is 10.2 Å². The van der Waals surface area contributed by atoms with E-state index in [9.17, 15) is 4.79 Å².